The molecule has 0 saturated carbocycles. The molecule has 0 atom stereocenters. The van der Waals surface area contributed by atoms with Gasteiger partial charge in [0.25, 0.3) is 0 Å². The van der Waals surface area contributed by atoms with Crippen LogP contribution in [0.1, 0.15) is 35.4 Å². The first-order valence-corrected chi connectivity index (χ1v) is 17.3. The van der Waals surface area contributed by atoms with Crippen LogP contribution in [0.15, 0.2) is 112 Å². The summed E-state index contributed by atoms with van der Waals surface area (Å²) in [4.78, 5) is 51.8. The number of hydrogen-bond acceptors (Lipinski definition) is 11. The molecule has 0 bridgehead atoms. The Morgan fingerprint density at radius 2 is 1.38 bits per heavy atom. The second kappa shape index (κ2) is 18.2. The van der Waals surface area contributed by atoms with E-state index in [2.05, 4.69) is 51.4 Å². The number of carbonyl (C=O) groups is 2. The normalized spacial score (nSPS) is 11.3. The Kier molecular flexibility index (Phi) is 12.5. The maximum atomic E-state index is 12.3. The van der Waals surface area contributed by atoms with Crippen molar-refractivity contribution in [1.29, 1.82) is 0 Å². The summed E-state index contributed by atoms with van der Waals surface area (Å²) in [6.07, 6.45) is 0.436. The second-order valence-corrected chi connectivity index (χ2v) is 12.3. The summed E-state index contributed by atoms with van der Waals surface area (Å²) in [6, 6.07) is 29.9. The highest BCUT2D eigenvalue weighted by atomic mass is 16.5. The molecular weight excluding hydrogens is 672 g/mol. The number of fused-ring (bicyclic) bond motifs is 2. The molecule has 0 unspecified atom stereocenters. The second-order valence-electron chi connectivity index (χ2n) is 12.3. The number of azo groups is 1. The van der Waals surface area contributed by atoms with Gasteiger partial charge >= 0.3 is 6.09 Å². The first-order valence-electron chi connectivity index (χ1n) is 17.3. The Labute approximate surface area is 305 Å². The standard InChI is InChI=1S/C39H40N10O4/c1-26-3-8-29-10-17-34(45-37(29)43-26)46-39(52)53-22-2-20-40-23-27-4-12-31(13-5-27)48-49-32-14-6-28(7-15-32)24-41-21-19-35(50)42-25-33-16-9-30-11-18-36(51)47-38(30)44-33/h3-18,40-41H,2,19-25H2,1H3,(H,42,50)(H,44,47,51)(H,43,45,46,52). The van der Waals surface area contributed by atoms with Gasteiger partial charge in [0, 0.05) is 48.6 Å². The maximum absolute atomic E-state index is 12.3. The lowest BCUT2D eigenvalue weighted by Gasteiger charge is -2.08. The van der Waals surface area contributed by atoms with E-state index < -0.39 is 6.09 Å². The predicted molar refractivity (Wildman–Crippen MR) is 203 cm³/mol. The number of aromatic amines is 1. The molecule has 0 fully saturated rings. The number of aryl methyl sites for hydroxylation is 1. The minimum Gasteiger partial charge on any atom is -0.449 e. The van der Waals surface area contributed by atoms with Crippen LogP contribution in [0.2, 0.25) is 0 Å². The monoisotopic (exact) mass is 712 g/mol. The van der Waals surface area contributed by atoms with Crippen molar-refractivity contribution in [2.45, 2.75) is 39.4 Å². The molecule has 2 aromatic carbocycles. The third-order valence-electron chi connectivity index (χ3n) is 8.10. The van der Waals surface area contributed by atoms with E-state index in [1.165, 1.54) is 6.07 Å². The van der Waals surface area contributed by atoms with E-state index in [9.17, 15) is 14.4 Å². The van der Waals surface area contributed by atoms with Crippen molar-refractivity contribution in [3.8, 4) is 0 Å². The van der Waals surface area contributed by atoms with Gasteiger partial charge in [-0.25, -0.2) is 19.7 Å². The molecule has 14 nitrogen and oxygen atoms in total. The number of anilines is 1. The molecule has 5 N–H and O–H groups in total. The minimum atomic E-state index is -0.550. The lowest BCUT2D eigenvalue weighted by molar-refractivity contribution is -0.121. The number of nitrogens with zero attached hydrogens (tertiary/aromatic N) is 5. The van der Waals surface area contributed by atoms with Gasteiger partial charge in [0.05, 0.1) is 30.2 Å². The van der Waals surface area contributed by atoms with Crippen molar-refractivity contribution in [2.75, 3.05) is 25.0 Å². The molecule has 0 radical (unpaired) electrons. The molecule has 0 aliphatic rings. The van der Waals surface area contributed by atoms with Gasteiger partial charge in [0.2, 0.25) is 11.5 Å². The Hall–Kier alpha value is -6.38. The van der Waals surface area contributed by atoms with Crippen molar-refractivity contribution in [3.05, 3.63) is 130 Å². The number of aromatic nitrogens is 4. The number of ether oxygens (including phenoxy) is 1. The lowest BCUT2D eigenvalue weighted by Crippen LogP contribution is -2.27. The highest BCUT2D eigenvalue weighted by Gasteiger charge is 2.07. The van der Waals surface area contributed by atoms with Crippen LogP contribution in [0.4, 0.5) is 22.0 Å². The van der Waals surface area contributed by atoms with Crippen LogP contribution in [-0.2, 0) is 29.2 Å². The third kappa shape index (κ3) is 11.3. The molecule has 14 heteroatoms. The average Bonchev–Trinajstić information content (AvgIpc) is 3.16. The quantitative estimate of drug-likeness (QED) is 0.0582. The molecule has 2 amide bonds. The van der Waals surface area contributed by atoms with Crippen molar-refractivity contribution >= 4 is 51.3 Å². The van der Waals surface area contributed by atoms with Crippen LogP contribution in [-0.4, -0.2) is 51.6 Å². The third-order valence-corrected chi connectivity index (χ3v) is 8.10. The first-order chi connectivity index (χ1) is 25.9. The van der Waals surface area contributed by atoms with E-state index in [0.29, 0.717) is 61.8 Å². The summed E-state index contributed by atoms with van der Waals surface area (Å²) in [6.45, 7) is 4.95. The van der Waals surface area contributed by atoms with Gasteiger partial charge in [-0.05, 0) is 97.7 Å². The van der Waals surface area contributed by atoms with Crippen LogP contribution in [0.3, 0.4) is 0 Å². The number of benzene rings is 2. The van der Waals surface area contributed by atoms with Gasteiger partial charge in [-0.1, -0.05) is 24.3 Å². The molecule has 0 aliphatic carbocycles. The van der Waals surface area contributed by atoms with Crippen LogP contribution < -0.4 is 26.8 Å². The first kappa shape index (κ1) is 36.4. The summed E-state index contributed by atoms with van der Waals surface area (Å²) in [5, 5.41) is 22.6. The number of H-pyrrole nitrogens is 1. The highest BCUT2D eigenvalue weighted by Crippen LogP contribution is 2.20. The van der Waals surface area contributed by atoms with Crippen molar-refractivity contribution in [1.82, 2.24) is 35.9 Å². The smallest absolute Gasteiger partial charge is 0.412 e. The number of amides is 2. The number of carbonyl (C=O) groups excluding carboxylic acids is 2. The Morgan fingerprint density at radius 1 is 0.717 bits per heavy atom. The van der Waals surface area contributed by atoms with Gasteiger partial charge in [-0.3, -0.25) is 14.9 Å². The summed E-state index contributed by atoms with van der Waals surface area (Å²) in [7, 11) is 0. The van der Waals surface area contributed by atoms with Crippen molar-refractivity contribution < 1.29 is 14.3 Å². The molecule has 6 aromatic rings. The fraction of sp³-hybridized carbons (Fsp3) is 0.231. The lowest BCUT2D eigenvalue weighted by atomic mass is 10.2. The summed E-state index contributed by atoms with van der Waals surface area (Å²) >= 11 is 0. The molecule has 0 aliphatic heterocycles. The number of nitrogens with one attached hydrogen (secondary N) is 5. The topological polar surface area (TPSA) is 188 Å². The Morgan fingerprint density at radius 3 is 2.11 bits per heavy atom. The molecular formula is C39H40N10O4. The van der Waals surface area contributed by atoms with Crippen LogP contribution >= 0.6 is 0 Å². The SMILES string of the molecule is Cc1ccc2ccc(NC(=O)OCCCNCc3ccc(N=Nc4ccc(CNCCC(=O)NCc5ccc6ccc(=O)[nH]c6n5)cc4)cc3)nc2n1. The van der Waals surface area contributed by atoms with E-state index in [-0.39, 0.29) is 24.6 Å². The van der Waals surface area contributed by atoms with E-state index in [4.69, 9.17) is 4.74 Å². The average molecular weight is 713 g/mol. The van der Waals surface area contributed by atoms with Crippen LogP contribution in [0, 0.1) is 6.92 Å². The van der Waals surface area contributed by atoms with Gasteiger partial charge in [0.1, 0.15) is 11.5 Å². The predicted octanol–water partition coefficient (Wildman–Crippen LogP) is 6.11. The fourth-order valence-electron chi connectivity index (χ4n) is 5.25. The molecule has 53 heavy (non-hydrogen) atoms. The minimum absolute atomic E-state index is 0.0884. The zero-order valence-electron chi connectivity index (χ0n) is 29.3. The Bertz CT molecular complexity index is 2260. The number of hydrogen-bond donors (Lipinski definition) is 5. The number of pyridine rings is 4. The maximum Gasteiger partial charge on any atom is 0.412 e. The van der Waals surface area contributed by atoms with E-state index >= 15 is 0 Å². The zero-order valence-corrected chi connectivity index (χ0v) is 29.3. The largest absolute Gasteiger partial charge is 0.449 e. The van der Waals surface area contributed by atoms with Crippen LogP contribution in [0.5, 0.6) is 0 Å². The van der Waals surface area contributed by atoms with E-state index in [1.54, 1.807) is 12.1 Å². The van der Waals surface area contributed by atoms with Gasteiger partial charge < -0.3 is 25.7 Å². The van der Waals surface area contributed by atoms with E-state index in [1.807, 2.05) is 85.8 Å². The fourth-order valence-corrected chi connectivity index (χ4v) is 5.25. The summed E-state index contributed by atoms with van der Waals surface area (Å²) in [5.74, 6) is 0.310. The summed E-state index contributed by atoms with van der Waals surface area (Å²) in [5.41, 5.74) is 6.05. The van der Waals surface area contributed by atoms with Gasteiger partial charge in [-0.15, -0.1) is 0 Å². The molecule has 0 saturated heterocycles. The molecule has 270 valence electrons. The van der Waals surface area contributed by atoms with E-state index in [0.717, 1.165) is 39.0 Å². The highest BCUT2D eigenvalue weighted by molar-refractivity contribution is 5.86. The van der Waals surface area contributed by atoms with Gasteiger partial charge in [0.15, 0.2) is 5.65 Å². The number of rotatable bonds is 16. The van der Waals surface area contributed by atoms with Gasteiger partial charge in [-0.2, -0.15) is 10.2 Å². The molecule has 0 spiro atoms. The Balaban J connectivity index is 0.821. The summed E-state index contributed by atoms with van der Waals surface area (Å²) < 4.78 is 5.28. The molecule has 4 aromatic heterocycles. The molecule has 4 heterocycles. The zero-order chi connectivity index (χ0) is 36.8. The van der Waals surface area contributed by atoms with Crippen LogP contribution in [0.25, 0.3) is 22.1 Å². The van der Waals surface area contributed by atoms with Crippen molar-refractivity contribution in [3.63, 3.8) is 0 Å². The van der Waals surface area contributed by atoms with Crippen molar-refractivity contribution in [2.24, 2.45) is 10.2 Å². The molecule has 6 rings (SSSR count).